The van der Waals surface area contributed by atoms with Crippen molar-refractivity contribution < 1.29 is 0 Å². The van der Waals surface area contributed by atoms with Crippen LogP contribution >= 0.6 is 0 Å². The highest BCUT2D eigenvalue weighted by atomic mass is 14.6. The van der Waals surface area contributed by atoms with Crippen LogP contribution in [0, 0.1) is 13.5 Å². The van der Waals surface area contributed by atoms with Crippen molar-refractivity contribution in [1.82, 2.24) is 0 Å². The van der Waals surface area contributed by atoms with Crippen LogP contribution in [0.1, 0.15) is 5.56 Å². The summed E-state index contributed by atoms with van der Waals surface area (Å²) in [6, 6.07) is 15.9. The number of nitrogens with zero attached hydrogens (tertiary/aromatic N) is 1. The summed E-state index contributed by atoms with van der Waals surface area (Å²) in [4.78, 5) is 3.52. The number of para-hydroxylation sites is 1. The van der Waals surface area contributed by atoms with Crippen LogP contribution in [-0.2, 0) is 0 Å². The molecule has 0 bridgehead atoms. The standard InChI is InChI=1S/C14H11N/c1-11-7-9-12(10-8-11)13-5-3-4-6-14(13)15-2/h3-10H,1H3. The molecule has 0 aliphatic rings. The van der Waals surface area contributed by atoms with E-state index < -0.39 is 0 Å². The molecular weight excluding hydrogens is 182 g/mol. The third kappa shape index (κ3) is 1.89. The van der Waals surface area contributed by atoms with Crippen LogP contribution in [0.3, 0.4) is 0 Å². The van der Waals surface area contributed by atoms with E-state index in [9.17, 15) is 0 Å². The molecule has 0 spiro atoms. The van der Waals surface area contributed by atoms with Crippen molar-refractivity contribution in [2.24, 2.45) is 0 Å². The van der Waals surface area contributed by atoms with Gasteiger partial charge in [-0.1, -0.05) is 54.1 Å². The van der Waals surface area contributed by atoms with Gasteiger partial charge in [0.2, 0.25) is 0 Å². The molecule has 0 saturated heterocycles. The zero-order valence-electron chi connectivity index (χ0n) is 8.57. The lowest BCUT2D eigenvalue weighted by molar-refractivity contribution is 1.47. The minimum atomic E-state index is 0.710. The van der Waals surface area contributed by atoms with Gasteiger partial charge in [-0.25, -0.2) is 4.85 Å². The molecule has 0 heterocycles. The van der Waals surface area contributed by atoms with Gasteiger partial charge in [0.15, 0.2) is 5.69 Å². The van der Waals surface area contributed by atoms with Crippen LogP contribution in [0.4, 0.5) is 5.69 Å². The number of aryl methyl sites for hydroxylation is 1. The van der Waals surface area contributed by atoms with Crippen molar-refractivity contribution >= 4 is 5.69 Å². The lowest BCUT2D eigenvalue weighted by atomic mass is 10.0. The summed E-state index contributed by atoms with van der Waals surface area (Å²) in [5, 5.41) is 0. The highest BCUT2D eigenvalue weighted by Gasteiger charge is 2.02. The molecule has 0 N–H and O–H groups in total. The van der Waals surface area contributed by atoms with Gasteiger partial charge in [0.25, 0.3) is 0 Å². The van der Waals surface area contributed by atoms with Gasteiger partial charge in [-0.15, -0.1) is 0 Å². The van der Waals surface area contributed by atoms with Gasteiger partial charge < -0.3 is 0 Å². The molecule has 0 unspecified atom stereocenters. The molecule has 2 rings (SSSR count). The lowest BCUT2D eigenvalue weighted by Gasteiger charge is -2.04. The van der Waals surface area contributed by atoms with Crippen molar-refractivity contribution in [2.45, 2.75) is 6.92 Å². The molecule has 0 fully saturated rings. The molecule has 0 radical (unpaired) electrons. The van der Waals surface area contributed by atoms with E-state index in [1.807, 2.05) is 24.3 Å². The van der Waals surface area contributed by atoms with Crippen molar-refractivity contribution in [3.05, 3.63) is 65.5 Å². The quantitative estimate of drug-likeness (QED) is 0.597. The van der Waals surface area contributed by atoms with E-state index in [-0.39, 0.29) is 0 Å². The van der Waals surface area contributed by atoms with Gasteiger partial charge in [0, 0.05) is 0 Å². The zero-order valence-corrected chi connectivity index (χ0v) is 8.57. The maximum Gasteiger partial charge on any atom is 0.194 e. The van der Waals surface area contributed by atoms with E-state index in [0.717, 1.165) is 11.1 Å². The molecule has 0 amide bonds. The van der Waals surface area contributed by atoms with Crippen molar-refractivity contribution in [3.8, 4) is 11.1 Å². The van der Waals surface area contributed by atoms with Gasteiger partial charge >= 0.3 is 0 Å². The van der Waals surface area contributed by atoms with E-state index in [2.05, 4.69) is 36.0 Å². The van der Waals surface area contributed by atoms with E-state index in [4.69, 9.17) is 6.57 Å². The van der Waals surface area contributed by atoms with Crippen LogP contribution in [0.25, 0.3) is 16.0 Å². The first-order valence-electron chi connectivity index (χ1n) is 4.85. The van der Waals surface area contributed by atoms with Crippen LogP contribution in [0.15, 0.2) is 48.5 Å². The number of benzene rings is 2. The second-order valence-electron chi connectivity index (χ2n) is 3.49. The highest BCUT2D eigenvalue weighted by molar-refractivity contribution is 5.78. The van der Waals surface area contributed by atoms with Gasteiger partial charge in [-0.05, 0) is 18.1 Å². The minimum Gasteiger partial charge on any atom is -0.238 e. The summed E-state index contributed by atoms with van der Waals surface area (Å²) < 4.78 is 0. The van der Waals surface area contributed by atoms with Gasteiger partial charge in [0.05, 0.1) is 6.57 Å². The molecular formula is C14H11N. The third-order valence-corrected chi connectivity index (χ3v) is 2.39. The summed E-state index contributed by atoms with van der Waals surface area (Å²) >= 11 is 0. The van der Waals surface area contributed by atoms with Crippen LogP contribution in [0.5, 0.6) is 0 Å². The maximum absolute atomic E-state index is 7.10. The van der Waals surface area contributed by atoms with Gasteiger partial charge in [0.1, 0.15) is 0 Å². The Labute approximate surface area is 89.8 Å². The van der Waals surface area contributed by atoms with Crippen molar-refractivity contribution in [2.75, 3.05) is 0 Å². The Morgan fingerprint density at radius 3 is 2.27 bits per heavy atom. The maximum atomic E-state index is 7.10. The van der Waals surface area contributed by atoms with Gasteiger partial charge in [-0.3, -0.25) is 0 Å². The number of hydrogen-bond acceptors (Lipinski definition) is 0. The SMILES string of the molecule is [C-]#[N+]c1ccccc1-c1ccc(C)cc1. The monoisotopic (exact) mass is 193 g/mol. The van der Waals surface area contributed by atoms with Crippen LogP contribution in [0.2, 0.25) is 0 Å². The predicted octanol–water partition coefficient (Wildman–Crippen LogP) is 4.21. The fourth-order valence-corrected chi connectivity index (χ4v) is 1.55. The summed E-state index contributed by atoms with van der Waals surface area (Å²) in [6.07, 6.45) is 0. The number of rotatable bonds is 1. The summed E-state index contributed by atoms with van der Waals surface area (Å²) in [7, 11) is 0. The molecule has 0 aliphatic heterocycles. The fraction of sp³-hybridized carbons (Fsp3) is 0.0714. The average Bonchev–Trinajstić information content (AvgIpc) is 2.30. The second kappa shape index (κ2) is 3.98. The first-order chi connectivity index (χ1) is 7.31. The molecule has 1 nitrogen and oxygen atoms in total. The lowest BCUT2D eigenvalue weighted by Crippen LogP contribution is -1.78. The van der Waals surface area contributed by atoms with Crippen molar-refractivity contribution in [1.29, 1.82) is 0 Å². The fourth-order valence-electron chi connectivity index (χ4n) is 1.55. The molecule has 0 aromatic heterocycles. The molecule has 1 heteroatoms. The first kappa shape index (κ1) is 9.48. The summed E-state index contributed by atoms with van der Waals surface area (Å²) in [5.41, 5.74) is 4.06. The third-order valence-electron chi connectivity index (χ3n) is 2.39. The van der Waals surface area contributed by atoms with Crippen LogP contribution in [-0.4, -0.2) is 0 Å². The Kier molecular flexibility index (Phi) is 2.51. The van der Waals surface area contributed by atoms with E-state index >= 15 is 0 Å². The Bertz CT molecular complexity index is 504. The molecule has 2 aromatic rings. The first-order valence-corrected chi connectivity index (χ1v) is 4.85. The Hall–Kier alpha value is -2.07. The largest absolute Gasteiger partial charge is 0.238 e. The highest BCUT2D eigenvalue weighted by Crippen LogP contribution is 2.29. The topological polar surface area (TPSA) is 4.36 Å². The number of hydrogen-bond donors (Lipinski definition) is 0. The molecule has 2 aromatic carbocycles. The Balaban J connectivity index is 2.55. The van der Waals surface area contributed by atoms with E-state index in [1.54, 1.807) is 0 Å². The summed E-state index contributed by atoms with van der Waals surface area (Å²) in [5.74, 6) is 0. The molecule has 0 aliphatic carbocycles. The van der Waals surface area contributed by atoms with Crippen LogP contribution < -0.4 is 0 Å². The molecule has 72 valence electrons. The molecule has 0 saturated carbocycles. The smallest absolute Gasteiger partial charge is 0.194 e. The summed E-state index contributed by atoms with van der Waals surface area (Å²) in [6.45, 7) is 9.16. The Morgan fingerprint density at radius 1 is 0.933 bits per heavy atom. The predicted molar refractivity (Wildman–Crippen MR) is 62.9 cm³/mol. The molecule has 0 atom stereocenters. The minimum absolute atomic E-state index is 0.710. The normalized spacial score (nSPS) is 9.60. The van der Waals surface area contributed by atoms with E-state index in [1.165, 1.54) is 5.56 Å². The Morgan fingerprint density at radius 2 is 1.60 bits per heavy atom. The molecule has 15 heavy (non-hydrogen) atoms. The second-order valence-corrected chi connectivity index (χ2v) is 3.49. The van der Waals surface area contributed by atoms with Crippen molar-refractivity contribution in [3.63, 3.8) is 0 Å². The average molecular weight is 193 g/mol. The zero-order chi connectivity index (χ0) is 10.7. The van der Waals surface area contributed by atoms with Gasteiger partial charge in [-0.2, -0.15) is 0 Å². The van der Waals surface area contributed by atoms with E-state index in [0.29, 0.717) is 5.69 Å².